The number of nitrogen functional groups attached to an aromatic ring is 1. The Labute approximate surface area is 140 Å². The Kier molecular flexibility index (Phi) is 6.10. The zero-order valence-corrected chi connectivity index (χ0v) is 13.9. The Hall–Kier alpha value is -1.76. The van der Waals surface area contributed by atoms with Crippen LogP contribution in [0.3, 0.4) is 0 Å². The van der Waals surface area contributed by atoms with Gasteiger partial charge < -0.3 is 10.6 Å². The molecule has 4 nitrogen and oxygen atoms in total. The molecule has 1 aliphatic rings. The molecular formula is C17H24F3N3O. The van der Waals surface area contributed by atoms with E-state index >= 15 is 0 Å². The number of likely N-dealkylation sites (tertiary alicyclic amines) is 1. The molecule has 1 heterocycles. The van der Waals surface area contributed by atoms with E-state index < -0.39 is 12.7 Å². The summed E-state index contributed by atoms with van der Waals surface area (Å²) in [6, 6.07) is 7.16. The van der Waals surface area contributed by atoms with Gasteiger partial charge in [0, 0.05) is 25.3 Å². The number of amides is 1. The topological polar surface area (TPSA) is 49.6 Å². The van der Waals surface area contributed by atoms with Crippen LogP contribution in [0, 0.1) is 5.92 Å². The molecule has 0 radical (unpaired) electrons. The monoisotopic (exact) mass is 343 g/mol. The minimum absolute atomic E-state index is 0.0149. The summed E-state index contributed by atoms with van der Waals surface area (Å²) in [5, 5.41) is 0. The number of carbonyl (C=O) groups is 1. The van der Waals surface area contributed by atoms with Gasteiger partial charge in [-0.05, 0) is 36.6 Å². The average molecular weight is 343 g/mol. The number of nitrogens with two attached hydrogens (primary N) is 1. The van der Waals surface area contributed by atoms with E-state index in [9.17, 15) is 18.0 Å². The highest BCUT2D eigenvalue weighted by Crippen LogP contribution is 2.22. The maximum atomic E-state index is 12.5. The third kappa shape index (κ3) is 5.70. The number of hydrogen-bond donors (Lipinski definition) is 1. The molecule has 0 saturated carbocycles. The minimum Gasteiger partial charge on any atom is -0.399 e. The first-order valence-electron chi connectivity index (χ1n) is 8.18. The zero-order valence-electron chi connectivity index (χ0n) is 13.9. The van der Waals surface area contributed by atoms with Crippen LogP contribution in [-0.2, 0) is 11.2 Å². The molecule has 0 aromatic heterocycles. The van der Waals surface area contributed by atoms with Crippen LogP contribution in [0.4, 0.5) is 18.9 Å². The van der Waals surface area contributed by atoms with Crippen LogP contribution in [-0.4, -0.2) is 54.6 Å². The molecule has 0 bridgehead atoms. The first-order chi connectivity index (χ1) is 11.3. The van der Waals surface area contributed by atoms with Gasteiger partial charge in [-0.25, -0.2) is 0 Å². The van der Waals surface area contributed by atoms with Gasteiger partial charge in [0.2, 0.25) is 5.91 Å². The highest BCUT2D eigenvalue weighted by Gasteiger charge is 2.33. The number of anilines is 1. The van der Waals surface area contributed by atoms with E-state index in [1.165, 1.54) is 4.90 Å². The summed E-state index contributed by atoms with van der Waals surface area (Å²) in [6.45, 7) is 2.71. The molecule has 1 atom stereocenters. The Morgan fingerprint density at radius 1 is 1.33 bits per heavy atom. The predicted octanol–water partition coefficient (Wildman–Crippen LogP) is 2.54. The third-order valence-electron chi connectivity index (χ3n) is 4.34. The summed E-state index contributed by atoms with van der Waals surface area (Å²) in [4.78, 5) is 15.5. The maximum absolute atomic E-state index is 12.5. The first kappa shape index (κ1) is 18.6. The summed E-state index contributed by atoms with van der Waals surface area (Å²) in [5.74, 6) is 0.115. The fourth-order valence-electron chi connectivity index (χ4n) is 3.05. The van der Waals surface area contributed by atoms with Crippen molar-refractivity contribution in [3.05, 3.63) is 29.8 Å². The fourth-order valence-corrected chi connectivity index (χ4v) is 3.05. The summed E-state index contributed by atoms with van der Waals surface area (Å²) in [5.41, 5.74) is 7.16. The lowest BCUT2D eigenvalue weighted by molar-refractivity contribution is -0.146. The molecule has 1 unspecified atom stereocenters. The first-order valence-corrected chi connectivity index (χ1v) is 8.18. The fraction of sp³-hybridized carbons (Fsp3) is 0.588. The number of benzene rings is 1. The quantitative estimate of drug-likeness (QED) is 0.808. The van der Waals surface area contributed by atoms with E-state index in [0.29, 0.717) is 38.3 Å². The number of halogens is 3. The van der Waals surface area contributed by atoms with Gasteiger partial charge in [-0.15, -0.1) is 0 Å². The van der Waals surface area contributed by atoms with E-state index in [2.05, 4.69) is 0 Å². The van der Waals surface area contributed by atoms with Crippen LogP contribution in [0.2, 0.25) is 0 Å². The van der Waals surface area contributed by atoms with E-state index in [0.717, 1.165) is 12.0 Å². The van der Waals surface area contributed by atoms with Crippen molar-refractivity contribution in [3.8, 4) is 0 Å². The van der Waals surface area contributed by atoms with Crippen molar-refractivity contribution in [1.29, 1.82) is 0 Å². The van der Waals surface area contributed by atoms with E-state index in [4.69, 9.17) is 5.73 Å². The molecular weight excluding hydrogens is 319 g/mol. The molecule has 1 fully saturated rings. The molecule has 1 aromatic rings. The van der Waals surface area contributed by atoms with Gasteiger partial charge in [0.1, 0.15) is 0 Å². The molecule has 0 aliphatic carbocycles. The number of alkyl halides is 3. The number of rotatable bonds is 6. The van der Waals surface area contributed by atoms with Crippen molar-refractivity contribution in [2.45, 2.75) is 25.9 Å². The minimum atomic E-state index is -4.18. The van der Waals surface area contributed by atoms with Crippen molar-refractivity contribution < 1.29 is 18.0 Å². The lowest BCUT2D eigenvalue weighted by Gasteiger charge is -2.25. The summed E-state index contributed by atoms with van der Waals surface area (Å²) >= 11 is 0. The van der Waals surface area contributed by atoms with Gasteiger partial charge >= 0.3 is 6.18 Å². The Morgan fingerprint density at radius 3 is 2.58 bits per heavy atom. The van der Waals surface area contributed by atoms with E-state index in [1.54, 1.807) is 24.0 Å². The van der Waals surface area contributed by atoms with Gasteiger partial charge in [-0.3, -0.25) is 9.69 Å². The smallest absolute Gasteiger partial charge is 0.399 e. The third-order valence-corrected chi connectivity index (χ3v) is 4.34. The maximum Gasteiger partial charge on any atom is 0.401 e. The zero-order chi connectivity index (χ0) is 17.7. The van der Waals surface area contributed by atoms with E-state index in [-0.39, 0.29) is 11.8 Å². The summed E-state index contributed by atoms with van der Waals surface area (Å²) < 4.78 is 37.6. The summed E-state index contributed by atoms with van der Waals surface area (Å²) in [6.07, 6.45) is -3.13. The van der Waals surface area contributed by atoms with Crippen molar-refractivity contribution in [2.75, 3.05) is 38.5 Å². The molecule has 1 aromatic carbocycles. The van der Waals surface area contributed by atoms with Crippen molar-refractivity contribution in [2.24, 2.45) is 5.92 Å². The summed E-state index contributed by atoms with van der Waals surface area (Å²) in [7, 11) is 0. The van der Waals surface area contributed by atoms with Crippen LogP contribution in [0.5, 0.6) is 0 Å². The van der Waals surface area contributed by atoms with Gasteiger partial charge in [0.15, 0.2) is 0 Å². The standard InChI is InChI=1S/C17H24F3N3O/c1-2-22(12-17(18,19)20)10-14-7-8-23(11-14)16(24)9-13-3-5-15(21)6-4-13/h3-6,14H,2,7-12,21H2,1H3. The lowest BCUT2D eigenvalue weighted by atomic mass is 10.1. The van der Waals surface area contributed by atoms with Crippen LogP contribution in [0.1, 0.15) is 18.9 Å². The molecule has 134 valence electrons. The Bertz CT molecular complexity index is 545. The molecule has 24 heavy (non-hydrogen) atoms. The highest BCUT2D eigenvalue weighted by molar-refractivity contribution is 5.79. The van der Waals surface area contributed by atoms with Gasteiger partial charge in [-0.2, -0.15) is 13.2 Å². The molecule has 2 rings (SSSR count). The second-order valence-electron chi connectivity index (χ2n) is 6.36. The predicted molar refractivity (Wildman–Crippen MR) is 87.4 cm³/mol. The SMILES string of the molecule is CCN(CC1CCN(C(=O)Cc2ccc(N)cc2)C1)CC(F)(F)F. The van der Waals surface area contributed by atoms with Crippen LogP contribution >= 0.6 is 0 Å². The number of carbonyl (C=O) groups excluding carboxylic acids is 1. The highest BCUT2D eigenvalue weighted by atomic mass is 19.4. The van der Waals surface area contributed by atoms with E-state index in [1.807, 2.05) is 12.1 Å². The average Bonchev–Trinajstić information content (AvgIpc) is 2.96. The van der Waals surface area contributed by atoms with Crippen LogP contribution in [0.15, 0.2) is 24.3 Å². The Morgan fingerprint density at radius 2 is 2.00 bits per heavy atom. The molecule has 7 heteroatoms. The largest absolute Gasteiger partial charge is 0.401 e. The van der Waals surface area contributed by atoms with Gasteiger partial charge in [0.05, 0.1) is 13.0 Å². The molecule has 1 aliphatic heterocycles. The Balaban J connectivity index is 1.83. The second-order valence-corrected chi connectivity index (χ2v) is 6.36. The van der Waals surface area contributed by atoms with Gasteiger partial charge in [-0.1, -0.05) is 19.1 Å². The van der Waals surface area contributed by atoms with Gasteiger partial charge in [0.25, 0.3) is 0 Å². The molecule has 0 spiro atoms. The second kappa shape index (κ2) is 7.88. The molecule has 1 saturated heterocycles. The van der Waals surface area contributed by atoms with Crippen molar-refractivity contribution in [3.63, 3.8) is 0 Å². The van der Waals surface area contributed by atoms with Crippen LogP contribution in [0.25, 0.3) is 0 Å². The molecule has 1 amide bonds. The van der Waals surface area contributed by atoms with Crippen molar-refractivity contribution in [1.82, 2.24) is 9.80 Å². The normalized spacial score (nSPS) is 18.4. The van der Waals surface area contributed by atoms with Crippen molar-refractivity contribution >= 4 is 11.6 Å². The molecule has 2 N–H and O–H groups in total. The van der Waals surface area contributed by atoms with Crippen LogP contribution < -0.4 is 5.73 Å². The number of hydrogen-bond acceptors (Lipinski definition) is 3. The lowest BCUT2D eigenvalue weighted by Crippen LogP contribution is -2.38. The number of nitrogens with zero attached hydrogens (tertiary/aromatic N) is 2.